The molecule has 0 unspecified atom stereocenters. The van der Waals surface area contributed by atoms with Gasteiger partial charge in [-0.1, -0.05) is 15.9 Å². The van der Waals surface area contributed by atoms with Gasteiger partial charge in [-0.25, -0.2) is 9.37 Å². The molecule has 0 aliphatic heterocycles. The molecule has 1 N–H and O–H groups in total. The van der Waals surface area contributed by atoms with Gasteiger partial charge in [0, 0.05) is 6.07 Å². The highest BCUT2D eigenvalue weighted by Gasteiger charge is 2.05. The Morgan fingerprint density at radius 2 is 2.31 bits per heavy atom. The molecular formula is C8H5BrFIN2. The lowest BCUT2D eigenvalue weighted by atomic mass is 10.3. The first-order valence-electron chi connectivity index (χ1n) is 3.60. The highest BCUT2D eigenvalue weighted by molar-refractivity contribution is 14.1. The fourth-order valence-corrected chi connectivity index (χ4v) is 1.84. The first-order chi connectivity index (χ1) is 6.20. The lowest BCUT2D eigenvalue weighted by molar-refractivity contribution is 0.622. The maximum atomic E-state index is 13.1. The molecular weight excluding hydrogens is 350 g/mol. The molecule has 0 radical (unpaired) electrons. The van der Waals surface area contributed by atoms with Crippen molar-refractivity contribution in [1.29, 1.82) is 0 Å². The third-order valence-corrected chi connectivity index (χ3v) is 3.06. The minimum absolute atomic E-state index is 0.210. The molecule has 0 aliphatic carbocycles. The zero-order valence-electron chi connectivity index (χ0n) is 6.44. The van der Waals surface area contributed by atoms with E-state index in [9.17, 15) is 4.39 Å². The number of imidazole rings is 1. The lowest BCUT2D eigenvalue weighted by Gasteiger charge is -1.92. The Kier molecular flexibility index (Phi) is 2.55. The Morgan fingerprint density at radius 1 is 1.54 bits per heavy atom. The smallest absolute Gasteiger partial charge is 0.138 e. The number of H-pyrrole nitrogens is 1. The predicted molar refractivity (Wildman–Crippen MR) is 61.4 cm³/mol. The van der Waals surface area contributed by atoms with Crippen LogP contribution < -0.4 is 0 Å². The van der Waals surface area contributed by atoms with Gasteiger partial charge in [0.1, 0.15) is 11.6 Å². The van der Waals surface area contributed by atoms with E-state index in [-0.39, 0.29) is 5.82 Å². The van der Waals surface area contributed by atoms with Crippen molar-refractivity contribution in [2.45, 2.75) is 5.33 Å². The van der Waals surface area contributed by atoms with E-state index in [1.165, 1.54) is 6.07 Å². The Morgan fingerprint density at radius 3 is 3.00 bits per heavy atom. The van der Waals surface area contributed by atoms with Crippen LogP contribution in [0.5, 0.6) is 0 Å². The van der Waals surface area contributed by atoms with Gasteiger partial charge in [-0.05, 0) is 28.7 Å². The van der Waals surface area contributed by atoms with E-state index in [4.69, 9.17) is 0 Å². The van der Waals surface area contributed by atoms with Crippen LogP contribution in [0.1, 0.15) is 5.82 Å². The van der Waals surface area contributed by atoms with Gasteiger partial charge in [0.05, 0.1) is 19.9 Å². The monoisotopic (exact) mass is 354 g/mol. The van der Waals surface area contributed by atoms with Gasteiger partial charge in [0.2, 0.25) is 0 Å². The van der Waals surface area contributed by atoms with Crippen LogP contribution in [0.3, 0.4) is 0 Å². The van der Waals surface area contributed by atoms with Crippen LogP contribution in [-0.4, -0.2) is 9.97 Å². The number of hydrogen-bond acceptors (Lipinski definition) is 1. The van der Waals surface area contributed by atoms with Crippen molar-refractivity contribution in [2.24, 2.45) is 0 Å². The summed E-state index contributed by atoms with van der Waals surface area (Å²) >= 11 is 5.24. The summed E-state index contributed by atoms with van der Waals surface area (Å²) in [7, 11) is 0. The number of alkyl halides is 1. The third-order valence-electron chi connectivity index (χ3n) is 1.70. The average molecular weight is 355 g/mol. The minimum atomic E-state index is -0.210. The first-order valence-corrected chi connectivity index (χ1v) is 5.80. The minimum Gasteiger partial charge on any atom is -0.341 e. The van der Waals surface area contributed by atoms with E-state index in [2.05, 4.69) is 25.9 Å². The van der Waals surface area contributed by atoms with Crippen molar-refractivity contribution >= 4 is 49.6 Å². The summed E-state index contributed by atoms with van der Waals surface area (Å²) < 4.78 is 13.7. The maximum Gasteiger partial charge on any atom is 0.138 e. The van der Waals surface area contributed by atoms with Crippen LogP contribution in [0.15, 0.2) is 12.1 Å². The van der Waals surface area contributed by atoms with Crippen LogP contribution in [0.25, 0.3) is 11.0 Å². The van der Waals surface area contributed by atoms with Crippen molar-refractivity contribution in [3.05, 3.63) is 27.3 Å². The van der Waals surface area contributed by atoms with Crippen LogP contribution in [-0.2, 0) is 5.33 Å². The molecule has 68 valence electrons. The Labute approximate surface area is 96.2 Å². The summed E-state index contributed by atoms with van der Waals surface area (Å²) in [6.07, 6.45) is 0. The van der Waals surface area contributed by atoms with Gasteiger partial charge in [-0.2, -0.15) is 0 Å². The molecule has 5 heteroatoms. The van der Waals surface area contributed by atoms with Crippen molar-refractivity contribution < 1.29 is 4.39 Å². The van der Waals surface area contributed by atoms with Gasteiger partial charge in [-0.15, -0.1) is 0 Å². The highest BCUT2D eigenvalue weighted by atomic mass is 127. The third kappa shape index (κ3) is 1.71. The quantitative estimate of drug-likeness (QED) is 0.618. The number of aromatic nitrogens is 2. The molecule has 1 aromatic carbocycles. The van der Waals surface area contributed by atoms with Crippen LogP contribution in [0.2, 0.25) is 0 Å². The molecule has 0 atom stereocenters. The number of nitrogens with one attached hydrogen (secondary N) is 1. The van der Waals surface area contributed by atoms with E-state index >= 15 is 0 Å². The van der Waals surface area contributed by atoms with E-state index in [0.717, 1.165) is 16.9 Å². The highest BCUT2D eigenvalue weighted by Crippen LogP contribution is 2.19. The summed E-state index contributed by atoms with van der Waals surface area (Å²) in [6.45, 7) is 0. The van der Waals surface area contributed by atoms with Gasteiger partial charge in [0.25, 0.3) is 0 Å². The van der Waals surface area contributed by atoms with Crippen molar-refractivity contribution in [1.82, 2.24) is 9.97 Å². The lowest BCUT2D eigenvalue weighted by Crippen LogP contribution is -1.80. The molecule has 1 heterocycles. The number of aromatic amines is 1. The topological polar surface area (TPSA) is 28.7 Å². The molecule has 2 aromatic rings. The largest absolute Gasteiger partial charge is 0.341 e. The molecule has 2 nitrogen and oxygen atoms in total. The fourth-order valence-electron chi connectivity index (χ4n) is 1.12. The predicted octanol–water partition coefficient (Wildman–Crippen LogP) is 3.20. The molecule has 2 rings (SSSR count). The Hall–Kier alpha value is -0.170. The van der Waals surface area contributed by atoms with Crippen molar-refractivity contribution in [3.8, 4) is 0 Å². The molecule has 0 fully saturated rings. The Balaban J connectivity index is 2.70. The van der Waals surface area contributed by atoms with Gasteiger partial charge in [0.15, 0.2) is 0 Å². The molecule has 0 spiro atoms. The van der Waals surface area contributed by atoms with Gasteiger partial charge < -0.3 is 4.98 Å². The fraction of sp³-hybridized carbons (Fsp3) is 0.125. The molecule has 0 aliphatic rings. The van der Waals surface area contributed by atoms with E-state index in [0.29, 0.717) is 8.90 Å². The SMILES string of the molecule is Fc1cc2[nH]c(CBr)nc2cc1I. The normalized spacial score (nSPS) is 11.0. The van der Waals surface area contributed by atoms with Crippen LogP contribution in [0, 0.1) is 9.39 Å². The second kappa shape index (κ2) is 3.53. The average Bonchev–Trinajstić information content (AvgIpc) is 2.48. The number of fused-ring (bicyclic) bond motifs is 1. The zero-order chi connectivity index (χ0) is 9.42. The van der Waals surface area contributed by atoms with E-state index in [1.54, 1.807) is 6.07 Å². The summed E-state index contributed by atoms with van der Waals surface area (Å²) in [4.78, 5) is 7.27. The summed E-state index contributed by atoms with van der Waals surface area (Å²) in [5.74, 6) is 0.606. The number of nitrogens with zero attached hydrogens (tertiary/aromatic N) is 1. The second-order valence-corrected chi connectivity index (χ2v) is 4.32. The molecule has 1 aromatic heterocycles. The molecule has 0 bridgehead atoms. The summed E-state index contributed by atoms with van der Waals surface area (Å²) in [5.41, 5.74) is 1.55. The van der Waals surface area contributed by atoms with Gasteiger partial charge >= 0.3 is 0 Å². The van der Waals surface area contributed by atoms with Crippen LogP contribution in [0.4, 0.5) is 4.39 Å². The first kappa shape index (κ1) is 9.39. The zero-order valence-corrected chi connectivity index (χ0v) is 10.2. The standard InChI is InChI=1S/C8H5BrFIN2/c9-3-8-12-6-1-4(10)5(11)2-7(6)13-8/h1-2H,3H2,(H,12,13). The molecule has 0 saturated carbocycles. The molecule has 13 heavy (non-hydrogen) atoms. The van der Waals surface area contributed by atoms with E-state index in [1.807, 2.05) is 22.6 Å². The van der Waals surface area contributed by atoms with E-state index < -0.39 is 0 Å². The van der Waals surface area contributed by atoms with Gasteiger partial charge in [-0.3, -0.25) is 0 Å². The maximum absolute atomic E-state index is 13.1. The number of halogens is 3. The van der Waals surface area contributed by atoms with Crippen LogP contribution >= 0.6 is 38.5 Å². The van der Waals surface area contributed by atoms with Crippen molar-refractivity contribution in [3.63, 3.8) is 0 Å². The molecule has 0 saturated heterocycles. The van der Waals surface area contributed by atoms with Crippen molar-refractivity contribution in [2.75, 3.05) is 0 Å². The number of hydrogen-bond donors (Lipinski definition) is 1. The second-order valence-electron chi connectivity index (χ2n) is 2.60. The summed E-state index contributed by atoms with van der Waals surface area (Å²) in [5, 5.41) is 0.653. The summed E-state index contributed by atoms with van der Waals surface area (Å²) in [6, 6.07) is 3.20. The number of benzene rings is 1. The Bertz CT molecular complexity index is 416. The molecule has 0 amide bonds. The number of rotatable bonds is 1.